The van der Waals surface area contributed by atoms with Crippen molar-refractivity contribution in [2.45, 2.75) is 25.7 Å². The van der Waals surface area contributed by atoms with E-state index in [0.29, 0.717) is 0 Å². The lowest BCUT2D eigenvalue weighted by Gasteiger charge is -2.04. The number of nitrogens with two attached hydrogens (primary N) is 1. The average molecular weight is 355 g/mol. The van der Waals surface area contributed by atoms with E-state index in [1.807, 2.05) is 12.3 Å². The highest BCUT2D eigenvalue weighted by Crippen LogP contribution is 2.29. The predicted octanol–water partition coefficient (Wildman–Crippen LogP) is 5.56. The third-order valence-electron chi connectivity index (χ3n) is 5.02. The van der Waals surface area contributed by atoms with E-state index >= 15 is 0 Å². The molecule has 136 valence electrons. The van der Waals surface area contributed by atoms with Crippen LogP contribution in [0.4, 0.5) is 0 Å². The van der Waals surface area contributed by atoms with Crippen molar-refractivity contribution >= 4 is 34.1 Å². The van der Waals surface area contributed by atoms with E-state index in [-0.39, 0.29) is 0 Å². The van der Waals surface area contributed by atoms with Gasteiger partial charge in [-0.15, -0.1) is 0 Å². The van der Waals surface area contributed by atoms with E-state index in [1.165, 1.54) is 33.9 Å². The lowest BCUT2D eigenvalue weighted by atomic mass is 10.0. The number of H-pyrrole nitrogens is 1. The second-order valence-corrected chi connectivity index (χ2v) is 6.97. The second kappa shape index (κ2) is 8.19. The molecule has 4 rings (SSSR count). The zero-order chi connectivity index (χ0) is 18.5. The Hall–Kier alpha value is -2.91. The summed E-state index contributed by atoms with van der Waals surface area (Å²) in [6.45, 7) is 0.774. The fourth-order valence-electron chi connectivity index (χ4n) is 3.61. The SMILES string of the molecule is NCCCCCc1ccnc2[nH]c3ccc(C=Cc4ccccc4)cc3c12. The number of nitrogens with zero attached hydrogens (tertiary/aromatic N) is 1. The van der Waals surface area contributed by atoms with Gasteiger partial charge in [-0.25, -0.2) is 4.98 Å². The number of benzene rings is 2. The summed E-state index contributed by atoms with van der Waals surface area (Å²) in [6, 6.07) is 19.1. The molecule has 0 radical (unpaired) electrons. The van der Waals surface area contributed by atoms with Crippen LogP contribution in [-0.2, 0) is 6.42 Å². The quantitative estimate of drug-likeness (QED) is 0.337. The largest absolute Gasteiger partial charge is 0.339 e. The summed E-state index contributed by atoms with van der Waals surface area (Å²) >= 11 is 0. The van der Waals surface area contributed by atoms with Crippen molar-refractivity contribution < 1.29 is 0 Å². The molecule has 0 aliphatic rings. The van der Waals surface area contributed by atoms with Gasteiger partial charge >= 0.3 is 0 Å². The second-order valence-electron chi connectivity index (χ2n) is 6.97. The topological polar surface area (TPSA) is 54.7 Å². The highest BCUT2D eigenvalue weighted by atomic mass is 14.8. The number of rotatable bonds is 7. The predicted molar refractivity (Wildman–Crippen MR) is 116 cm³/mol. The smallest absolute Gasteiger partial charge is 0.138 e. The maximum atomic E-state index is 5.62. The lowest BCUT2D eigenvalue weighted by Crippen LogP contribution is -1.98. The van der Waals surface area contributed by atoms with E-state index in [2.05, 4.69) is 70.7 Å². The Balaban J connectivity index is 1.69. The molecule has 27 heavy (non-hydrogen) atoms. The summed E-state index contributed by atoms with van der Waals surface area (Å²) in [5, 5.41) is 2.51. The highest BCUT2D eigenvalue weighted by Gasteiger charge is 2.10. The minimum atomic E-state index is 0.774. The summed E-state index contributed by atoms with van der Waals surface area (Å²) in [5.41, 5.74) is 11.5. The summed E-state index contributed by atoms with van der Waals surface area (Å²) in [5.74, 6) is 0. The van der Waals surface area contributed by atoms with Crippen molar-refractivity contribution in [3.8, 4) is 0 Å². The zero-order valence-electron chi connectivity index (χ0n) is 15.5. The van der Waals surface area contributed by atoms with Gasteiger partial charge in [0.1, 0.15) is 5.65 Å². The van der Waals surface area contributed by atoms with Crippen molar-refractivity contribution in [1.29, 1.82) is 0 Å². The van der Waals surface area contributed by atoms with Gasteiger partial charge in [-0.3, -0.25) is 0 Å². The number of aryl methyl sites for hydroxylation is 1. The van der Waals surface area contributed by atoms with Gasteiger partial charge in [0.2, 0.25) is 0 Å². The maximum Gasteiger partial charge on any atom is 0.138 e. The molecule has 4 aromatic rings. The fraction of sp³-hybridized carbons (Fsp3) is 0.208. The molecule has 2 aromatic carbocycles. The number of aromatic amines is 1. The van der Waals surface area contributed by atoms with E-state index in [9.17, 15) is 0 Å². The van der Waals surface area contributed by atoms with Crippen LogP contribution in [0.25, 0.3) is 34.1 Å². The molecule has 0 atom stereocenters. The summed E-state index contributed by atoms with van der Waals surface area (Å²) in [4.78, 5) is 8.02. The molecular weight excluding hydrogens is 330 g/mol. The van der Waals surface area contributed by atoms with Gasteiger partial charge in [0.25, 0.3) is 0 Å². The molecule has 0 saturated heterocycles. The van der Waals surface area contributed by atoms with Gasteiger partial charge in [-0.2, -0.15) is 0 Å². The van der Waals surface area contributed by atoms with E-state index in [1.54, 1.807) is 0 Å². The molecule has 0 unspecified atom stereocenters. The van der Waals surface area contributed by atoms with Crippen LogP contribution in [0.2, 0.25) is 0 Å². The first-order chi connectivity index (χ1) is 13.3. The van der Waals surface area contributed by atoms with Gasteiger partial charge in [-0.1, -0.05) is 55.0 Å². The van der Waals surface area contributed by atoms with E-state index in [0.717, 1.165) is 37.0 Å². The van der Waals surface area contributed by atoms with Crippen LogP contribution in [0.3, 0.4) is 0 Å². The molecule has 3 N–H and O–H groups in total. The monoisotopic (exact) mass is 355 g/mol. The van der Waals surface area contributed by atoms with Crippen LogP contribution in [0, 0.1) is 0 Å². The highest BCUT2D eigenvalue weighted by molar-refractivity contribution is 6.08. The summed E-state index contributed by atoms with van der Waals surface area (Å²) < 4.78 is 0. The summed E-state index contributed by atoms with van der Waals surface area (Å²) in [7, 11) is 0. The third-order valence-corrected chi connectivity index (χ3v) is 5.02. The van der Waals surface area contributed by atoms with E-state index < -0.39 is 0 Å². The van der Waals surface area contributed by atoms with Crippen molar-refractivity contribution in [1.82, 2.24) is 9.97 Å². The van der Waals surface area contributed by atoms with Crippen LogP contribution < -0.4 is 5.73 Å². The van der Waals surface area contributed by atoms with Crippen LogP contribution >= 0.6 is 0 Å². The van der Waals surface area contributed by atoms with Gasteiger partial charge in [0.15, 0.2) is 0 Å². The third kappa shape index (κ3) is 3.93. The first-order valence-corrected chi connectivity index (χ1v) is 9.68. The Morgan fingerprint density at radius 3 is 2.59 bits per heavy atom. The Labute approximate surface area is 159 Å². The number of fused-ring (bicyclic) bond motifs is 3. The van der Waals surface area contributed by atoms with Gasteiger partial charge in [0, 0.05) is 22.5 Å². The maximum absolute atomic E-state index is 5.62. The molecule has 0 saturated carbocycles. The van der Waals surface area contributed by atoms with Gasteiger partial charge in [0.05, 0.1) is 0 Å². The van der Waals surface area contributed by atoms with Crippen molar-refractivity contribution in [3.05, 3.63) is 77.5 Å². The van der Waals surface area contributed by atoms with Crippen LogP contribution in [0.15, 0.2) is 60.8 Å². The standard InChI is InChI=1S/C24H25N3/c25-15-6-2-5-9-20-14-16-26-24-23(20)21-17-19(12-13-22(21)27-24)11-10-18-7-3-1-4-8-18/h1,3-4,7-8,10-14,16-17H,2,5-6,9,15,25H2,(H,26,27). The number of hydrogen-bond acceptors (Lipinski definition) is 2. The lowest BCUT2D eigenvalue weighted by molar-refractivity contribution is 0.688. The number of aromatic nitrogens is 2. The first-order valence-electron chi connectivity index (χ1n) is 9.68. The Morgan fingerprint density at radius 2 is 1.74 bits per heavy atom. The van der Waals surface area contributed by atoms with Crippen molar-refractivity contribution in [2.24, 2.45) is 5.73 Å². The molecule has 3 nitrogen and oxygen atoms in total. The number of pyridine rings is 1. The number of unbranched alkanes of at least 4 members (excludes halogenated alkanes) is 2. The van der Waals surface area contributed by atoms with E-state index in [4.69, 9.17) is 5.73 Å². The normalized spacial score (nSPS) is 11.7. The molecule has 0 spiro atoms. The molecule has 0 bridgehead atoms. The Bertz CT molecular complexity index is 1060. The molecule has 0 aliphatic carbocycles. The van der Waals surface area contributed by atoms with Crippen LogP contribution in [-0.4, -0.2) is 16.5 Å². The Kier molecular flexibility index (Phi) is 5.31. The van der Waals surface area contributed by atoms with Gasteiger partial charge in [-0.05, 0) is 60.7 Å². The number of nitrogens with one attached hydrogen (secondary N) is 1. The molecule has 0 amide bonds. The molecule has 0 fully saturated rings. The van der Waals surface area contributed by atoms with Gasteiger partial charge < -0.3 is 10.7 Å². The summed E-state index contributed by atoms with van der Waals surface area (Å²) in [6.07, 6.45) is 10.7. The molecule has 2 heterocycles. The minimum absolute atomic E-state index is 0.774. The molecule has 0 aliphatic heterocycles. The zero-order valence-corrected chi connectivity index (χ0v) is 15.5. The molecule has 3 heteroatoms. The minimum Gasteiger partial charge on any atom is -0.339 e. The van der Waals surface area contributed by atoms with Crippen LogP contribution in [0.1, 0.15) is 36.0 Å². The Morgan fingerprint density at radius 1 is 0.889 bits per heavy atom. The average Bonchev–Trinajstić information content (AvgIpc) is 3.09. The van der Waals surface area contributed by atoms with Crippen molar-refractivity contribution in [3.63, 3.8) is 0 Å². The number of hydrogen-bond donors (Lipinski definition) is 2. The van der Waals surface area contributed by atoms with Crippen LogP contribution in [0.5, 0.6) is 0 Å². The fourth-order valence-corrected chi connectivity index (χ4v) is 3.61. The van der Waals surface area contributed by atoms with Crippen molar-refractivity contribution in [2.75, 3.05) is 6.54 Å². The molecule has 2 aromatic heterocycles. The molecular formula is C24H25N3. The first kappa shape index (κ1) is 17.5.